The van der Waals surface area contributed by atoms with Crippen molar-refractivity contribution in [3.05, 3.63) is 29.3 Å². The molecule has 1 saturated heterocycles. The summed E-state index contributed by atoms with van der Waals surface area (Å²) >= 11 is 0. The first-order valence-electron chi connectivity index (χ1n) is 9.52. The Kier molecular flexibility index (Phi) is 7.79. The number of nitrogens with zero attached hydrogens (tertiary/aromatic N) is 1. The van der Waals surface area contributed by atoms with Crippen LogP contribution in [-0.2, 0) is 25.5 Å². The van der Waals surface area contributed by atoms with Crippen molar-refractivity contribution >= 4 is 23.5 Å². The van der Waals surface area contributed by atoms with E-state index in [9.17, 15) is 14.4 Å². The van der Waals surface area contributed by atoms with Crippen molar-refractivity contribution in [1.82, 2.24) is 10.2 Å². The molecule has 1 atom stereocenters. The van der Waals surface area contributed by atoms with Crippen LogP contribution in [0.15, 0.2) is 18.2 Å². The van der Waals surface area contributed by atoms with Crippen LogP contribution in [0.4, 0.5) is 5.69 Å². The largest absolute Gasteiger partial charge is 0.466 e. The van der Waals surface area contributed by atoms with Crippen LogP contribution >= 0.6 is 0 Å². The first-order valence-corrected chi connectivity index (χ1v) is 9.52. The van der Waals surface area contributed by atoms with E-state index in [-0.39, 0.29) is 24.8 Å². The summed E-state index contributed by atoms with van der Waals surface area (Å²) in [5, 5.41) is 5.73. The van der Waals surface area contributed by atoms with Gasteiger partial charge in [0.15, 0.2) is 0 Å². The van der Waals surface area contributed by atoms with Crippen LogP contribution in [0.1, 0.15) is 37.8 Å². The van der Waals surface area contributed by atoms with Crippen LogP contribution < -0.4 is 10.6 Å². The zero-order chi connectivity index (χ0) is 19.8. The first kappa shape index (κ1) is 20.9. The molecule has 0 aliphatic carbocycles. The van der Waals surface area contributed by atoms with Crippen molar-refractivity contribution in [2.45, 2.75) is 46.1 Å². The van der Waals surface area contributed by atoms with Gasteiger partial charge in [0.2, 0.25) is 11.8 Å². The van der Waals surface area contributed by atoms with Crippen molar-refractivity contribution in [3.63, 3.8) is 0 Å². The number of hydrogen-bond acceptors (Lipinski definition) is 5. The fourth-order valence-corrected chi connectivity index (χ4v) is 3.17. The second-order valence-corrected chi connectivity index (χ2v) is 6.71. The van der Waals surface area contributed by atoms with Gasteiger partial charge in [0.05, 0.1) is 19.6 Å². The molecule has 1 aliphatic rings. The number of aryl methyl sites for hydroxylation is 2. The number of esters is 1. The normalized spacial score (nSPS) is 17.3. The van der Waals surface area contributed by atoms with Gasteiger partial charge < -0.3 is 15.4 Å². The average molecular weight is 375 g/mol. The van der Waals surface area contributed by atoms with Crippen LogP contribution in [0.5, 0.6) is 0 Å². The summed E-state index contributed by atoms with van der Waals surface area (Å²) in [4.78, 5) is 38.5. The second kappa shape index (κ2) is 10.1. The monoisotopic (exact) mass is 375 g/mol. The molecule has 0 spiro atoms. The Labute approximate surface area is 160 Å². The Morgan fingerprint density at radius 2 is 2.11 bits per heavy atom. The molecule has 7 nitrogen and oxygen atoms in total. The van der Waals surface area contributed by atoms with Crippen molar-refractivity contribution in [2.24, 2.45) is 0 Å². The number of carbonyl (C=O) groups excluding carboxylic acids is 3. The number of anilines is 1. The Morgan fingerprint density at radius 1 is 1.33 bits per heavy atom. The highest BCUT2D eigenvalue weighted by Crippen LogP contribution is 2.21. The number of benzene rings is 1. The Hall–Kier alpha value is -2.41. The van der Waals surface area contributed by atoms with Crippen LogP contribution in [-0.4, -0.2) is 55.0 Å². The Morgan fingerprint density at radius 3 is 2.81 bits per heavy atom. The van der Waals surface area contributed by atoms with Crippen molar-refractivity contribution < 1.29 is 19.1 Å². The van der Waals surface area contributed by atoms with E-state index in [0.717, 1.165) is 29.7 Å². The van der Waals surface area contributed by atoms with Gasteiger partial charge in [0, 0.05) is 18.8 Å². The minimum absolute atomic E-state index is 0.0519. The highest BCUT2D eigenvalue weighted by atomic mass is 16.5. The summed E-state index contributed by atoms with van der Waals surface area (Å²) in [6.45, 7) is 7.26. The van der Waals surface area contributed by atoms with E-state index in [1.165, 1.54) is 0 Å². The molecule has 27 heavy (non-hydrogen) atoms. The van der Waals surface area contributed by atoms with Gasteiger partial charge >= 0.3 is 5.97 Å². The van der Waals surface area contributed by atoms with E-state index < -0.39 is 12.0 Å². The predicted molar refractivity (Wildman–Crippen MR) is 103 cm³/mol. The summed E-state index contributed by atoms with van der Waals surface area (Å²) < 4.78 is 5.09. The van der Waals surface area contributed by atoms with Crippen LogP contribution in [0.3, 0.4) is 0 Å². The fraction of sp³-hybridized carbons (Fsp3) is 0.550. The number of carbonyl (C=O) groups is 3. The minimum atomic E-state index is -0.684. The second-order valence-electron chi connectivity index (χ2n) is 6.71. The number of ether oxygens (including phenoxy) is 1. The van der Waals surface area contributed by atoms with Gasteiger partial charge in [0.25, 0.3) is 0 Å². The molecule has 1 aromatic carbocycles. The van der Waals surface area contributed by atoms with Crippen molar-refractivity contribution in [3.8, 4) is 0 Å². The molecule has 0 aromatic heterocycles. The molecule has 0 radical (unpaired) electrons. The summed E-state index contributed by atoms with van der Waals surface area (Å²) in [7, 11) is 0. The van der Waals surface area contributed by atoms with Crippen LogP contribution in [0.25, 0.3) is 0 Å². The van der Waals surface area contributed by atoms with Gasteiger partial charge in [-0.25, -0.2) is 0 Å². The maximum absolute atomic E-state index is 12.6. The fourth-order valence-electron chi connectivity index (χ4n) is 3.17. The van der Waals surface area contributed by atoms with Crippen molar-refractivity contribution in [2.75, 3.05) is 31.6 Å². The van der Waals surface area contributed by atoms with E-state index in [1.807, 2.05) is 39.0 Å². The molecular formula is C20H29N3O4. The Balaban J connectivity index is 2.03. The van der Waals surface area contributed by atoms with E-state index in [1.54, 1.807) is 4.90 Å². The molecule has 1 aliphatic heterocycles. The van der Waals surface area contributed by atoms with Gasteiger partial charge in [-0.2, -0.15) is 0 Å². The van der Waals surface area contributed by atoms with Gasteiger partial charge in [0.1, 0.15) is 6.04 Å². The van der Waals surface area contributed by atoms with Crippen LogP contribution in [0.2, 0.25) is 0 Å². The molecule has 2 amide bonds. The number of rotatable bonds is 8. The number of para-hydroxylation sites is 1. The molecule has 148 valence electrons. The molecule has 2 rings (SSSR count). The number of hydrogen-bond donors (Lipinski definition) is 2. The predicted octanol–water partition coefficient (Wildman–Crippen LogP) is 1.64. The highest BCUT2D eigenvalue weighted by molar-refractivity contribution is 5.95. The lowest BCUT2D eigenvalue weighted by atomic mass is 10.1. The van der Waals surface area contributed by atoms with Gasteiger partial charge in [-0.05, 0) is 30.9 Å². The topological polar surface area (TPSA) is 87.7 Å². The maximum Gasteiger partial charge on any atom is 0.307 e. The minimum Gasteiger partial charge on any atom is -0.466 e. The third-order valence-electron chi connectivity index (χ3n) is 4.62. The van der Waals surface area contributed by atoms with E-state index >= 15 is 0 Å². The quantitative estimate of drug-likeness (QED) is 0.675. The zero-order valence-corrected chi connectivity index (χ0v) is 16.3. The van der Waals surface area contributed by atoms with E-state index in [0.29, 0.717) is 19.7 Å². The number of nitrogens with one attached hydrogen (secondary N) is 2. The summed E-state index contributed by atoms with van der Waals surface area (Å²) in [6.07, 6.45) is 1.49. The average Bonchev–Trinajstić information content (AvgIpc) is 2.64. The SMILES string of the molecule is CCCOC(=O)CC1C(=O)NCCN1CC(=O)Nc1c(C)cccc1CC. The standard InChI is InChI=1S/C20H29N3O4/c1-4-11-27-18(25)12-16-20(26)21-9-10-23(16)13-17(24)22-19-14(3)7-6-8-15(19)5-2/h6-8,16H,4-5,9-13H2,1-3H3,(H,21,26)(H,22,24). The third-order valence-corrected chi connectivity index (χ3v) is 4.62. The summed E-state index contributed by atoms with van der Waals surface area (Å²) in [6, 6.07) is 5.23. The molecule has 1 heterocycles. The van der Waals surface area contributed by atoms with E-state index in [4.69, 9.17) is 4.74 Å². The van der Waals surface area contributed by atoms with Gasteiger partial charge in [-0.1, -0.05) is 32.0 Å². The van der Waals surface area contributed by atoms with E-state index in [2.05, 4.69) is 10.6 Å². The smallest absolute Gasteiger partial charge is 0.307 e. The summed E-state index contributed by atoms with van der Waals surface area (Å²) in [5.74, 6) is -0.857. The highest BCUT2D eigenvalue weighted by Gasteiger charge is 2.33. The molecule has 1 fully saturated rings. The van der Waals surface area contributed by atoms with Gasteiger partial charge in [-0.15, -0.1) is 0 Å². The molecule has 1 aromatic rings. The van der Waals surface area contributed by atoms with Crippen LogP contribution in [0, 0.1) is 6.92 Å². The molecule has 7 heteroatoms. The summed E-state index contributed by atoms with van der Waals surface area (Å²) in [5.41, 5.74) is 2.89. The number of piperazine rings is 1. The molecule has 1 unspecified atom stereocenters. The van der Waals surface area contributed by atoms with Gasteiger partial charge in [-0.3, -0.25) is 19.3 Å². The number of amides is 2. The van der Waals surface area contributed by atoms with Crippen molar-refractivity contribution in [1.29, 1.82) is 0 Å². The molecule has 0 bridgehead atoms. The first-order chi connectivity index (χ1) is 13.0. The Bertz CT molecular complexity index is 690. The lowest BCUT2D eigenvalue weighted by Crippen LogP contribution is -2.57. The third kappa shape index (κ3) is 5.79. The molecular weight excluding hydrogens is 346 g/mol. The maximum atomic E-state index is 12.6. The zero-order valence-electron chi connectivity index (χ0n) is 16.3. The molecule has 2 N–H and O–H groups in total. The molecule has 0 saturated carbocycles. The lowest BCUT2D eigenvalue weighted by Gasteiger charge is -2.34. The lowest BCUT2D eigenvalue weighted by molar-refractivity contribution is -0.148.